The molecule has 13 heavy (non-hydrogen) atoms. The molecule has 4 nitrogen and oxygen atoms in total. The molecule has 78 valence electrons. The van der Waals surface area contributed by atoms with E-state index < -0.39 is 5.91 Å². The van der Waals surface area contributed by atoms with Crippen LogP contribution in [0.5, 0.6) is 0 Å². The van der Waals surface area contributed by atoms with E-state index in [1.54, 1.807) is 0 Å². The van der Waals surface area contributed by atoms with Crippen LogP contribution in [0.25, 0.3) is 0 Å². The number of carbonyl (C=O) groups excluding carboxylic acids is 2. The first-order chi connectivity index (χ1) is 5.95. The standard InChI is InChI=1S/C7H13NO2.C2H7N/c1-5(2)6(9)3-4-7(8)10;1-3-2/h5H,3-4H2,1-2H3,(H2,8,10);3H,1-2H3. The number of hydrogen-bond donors (Lipinski definition) is 2. The fraction of sp³-hybridized carbons (Fsp3) is 0.778. The fourth-order valence-corrected chi connectivity index (χ4v) is 0.535. The van der Waals surface area contributed by atoms with Crippen LogP contribution in [-0.4, -0.2) is 25.8 Å². The third-order valence-corrected chi connectivity index (χ3v) is 1.26. The maximum Gasteiger partial charge on any atom is 0.217 e. The Hall–Kier alpha value is -0.900. The van der Waals surface area contributed by atoms with Gasteiger partial charge < -0.3 is 11.1 Å². The number of amides is 1. The SMILES string of the molecule is CC(C)C(=O)CCC(N)=O.CNC. The summed E-state index contributed by atoms with van der Waals surface area (Å²) in [6, 6.07) is 0. The summed E-state index contributed by atoms with van der Waals surface area (Å²) in [6.45, 7) is 3.62. The van der Waals surface area contributed by atoms with Crippen LogP contribution in [0.15, 0.2) is 0 Å². The Morgan fingerprint density at radius 2 is 1.62 bits per heavy atom. The minimum Gasteiger partial charge on any atom is -0.370 e. The first-order valence-corrected chi connectivity index (χ1v) is 4.35. The molecule has 0 aromatic rings. The third kappa shape index (κ3) is 14.0. The van der Waals surface area contributed by atoms with Gasteiger partial charge in [0.25, 0.3) is 0 Å². The lowest BCUT2D eigenvalue weighted by Crippen LogP contribution is -2.14. The number of hydrogen-bond acceptors (Lipinski definition) is 3. The molecule has 4 heteroatoms. The average Bonchev–Trinajstić information content (AvgIpc) is 2.01. The van der Waals surface area contributed by atoms with Crippen molar-refractivity contribution >= 4 is 11.7 Å². The van der Waals surface area contributed by atoms with Gasteiger partial charge in [0.05, 0.1) is 0 Å². The lowest BCUT2D eigenvalue weighted by Gasteiger charge is -2.00. The molecule has 0 aromatic heterocycles. The van der Waals surface area contributed by atoms with E-state index in [-0.39, 0.29) is 24.5 Å². The summed E-state index contributed by atoms with van der Waals surface area (Å²) < 4.78 is 0. The number of ketones is 1. The van der Waals surface area contributed by atoms with Gasteiger partial charge in [0.15, 0.2) is 0 Å². The van der Waals surface area contributed by atoms with Gasteiger partial charge >= 0.3 is 0 Å². The Kier molecular flexibility index (Phi) is 10.3. The van der Waals surface area contributed by atoms with Crippen molar-refractivity contribution in [2.75, 3.05) is 14.1 Å². The first-order valence-electron chi connectivity index (χ1n) is 4.35. The van der Waals surface area contributed by atoms with E-state index in [0.717, 1.165) is 0 Å². The molecule has 0 radical (unpaired) electrons. The highest BCUT2D eigenvalue weighted by Crippen LogP contribution is 2.00. The summed E-state index contributed by atoms with van der Waals surface area (Å²) in [4.78, 5) is 21.0. The van der Waals surface area contributed by atoms with Gasteiger partial charge in [-0.1, -0.05) is 13.8 Å². The van der Waals surface area contributed by atoms with E-state index in [1.807, 2.05) is 27.9 Å². The lowest BCUT2D eigenvalue weighted by atomic mass is 10.0. The zero-order valence-corrected chi connectivity index (χ0v) is 8.89. The number of Topliss-reactive ketones (excluding diaryl/α,β-unsaturated/α-hetero) is 1. The summed E-state index contributed by atoms with van der Waals surface area (Å²) in [5, 5.41) is 2.75. The number of carbonyl (C=O) groups is 2. The van der Waals surface area contributed by atoms with Crippen LogP contribution in [0.1, 0.15) is 26.7 Å². The highest BCUT2D eigenvalue weighted by Gasteiger charge is 2.07. The molecule has 0 bridgehead atoms. The van der Waals surface area contributed by atoms with Crippen LogP contribution in [-0.2, 0) is 9.59 Å². The molecule has 0 spiro atoms. The monoisotopic (exact) mass is 188 g/mol. The van der Waals surface area contributed by atoms with Crippen LogP contribution in [0.3, 0.4) is 0 Å². The Labute approximate surface area is 79.9 Å². The molecular formula is C9H20N2O2. The zero-order valence-electron chi connectivity index (χ0n) is 8.89. The van der Waals surface area contributed by atoms with E-state index in [4.69, 9.17) is 5.73 Å². The number of nitrogens with two attached hydrogens (primary N) is 1. The summed E-state index contributed by atoms with van der Waals surface area (Å²) in [5.74, 6) is -0.299. The third-order valence-electron chi connectivity index (χ3n) is 1.26. The van der Waals surface area contributed by atoms with Crippen molar-refractivity contribution in [3.05, 3.63) is 0 Å². The van der Waals surface area contributed by atoms with E-state index in [2.05, 4.69) is 5.32 Å². The van der Waals surface area contributed by atoms with Crippen LogP contribution in [0.4, 0.5) is 0 Å². The van der Waals surface area contributed by atoms with Crippen molar-refractivity contribution in [2.45, 2.75) is 26.7 Å². The Morgan fingerprint density at radius 3 is 1.85 bits per heavy atom. The van der Waals surface area contributed by atoms with E-state index in [1.165, 1.54) is 0 Å². The molecule has 1 amide bonds. The highest BCUT2D eigenvalue weighted by molar-refractivity contribution is 5.85. The quantitative estimate of drug-likeness (QED) is 0.667. The summed E-state index contributed by atoms with van der Waals surface area (Å²) in [7, 11) is 3.75. The zero-order chi connectivity index (χ0) is 10.9. The van der Waals surface area contributed by atoms with E-state index in [0.29, 0.717) is 0 Å². The maximum absolute atomic E-state index is 10.8. The van der Waals surface area contributed by atoms with Gasteiger partial charge in [0, 0.05) is 18.8 Å². The van der Waals surface area contributed by atoms with Gasteiger partial charge in [-0.25, -0.2) is 0 Å². The maximum atomic E-state index is 10.8. The Morgan fingerprint density at radius 1 is 1.23 bits per heavy atom. The topological polar surface area (TPSA) is 72.2 Å². The molecule has 0 heterocycles. The predicted molar refractivity (Wildman–Crippen MR) is 53.3 cm³/mol. The van der Waals surface area contributed by atoms with Crippen molar-refractivity contribution in [1.82, 2.24) is 5.32 Å². The number of nitrogens with one attached hydrogen (secondary N) is 1. The Bertz CT molecular complexity index is 156. The number of rotatable bonds is 4. The van der Waals surface area contributed by atoms with Gasteiger partial charge in [0.2, 0.25) is 5.91 Å². The van der Waals surface area contributed by atoms with Gasteiger partial charge in [-0.3, -0.25) is 9.59 Å². The van der Waals surface area contributed by atoms with Gasteiger partial charge in [0.1, 0.15) is 5.78 Å². The second-order valence-electron chi connectivity index (χ2n) is 3.09. The van der Waals surface area contributed by atoms with Crippen molar-refractivity contribution in [3.63, 3.8) is 0 Å². The van der Waals surface area contributed by atoms with Crippen molar-refractivity contribution in [2.24, 2.45) is 11.7 Å². The van der Waals surface area contributed by atoms with Crippen LogP contribution in [0.2, 0.25) is 0 Å². The predicted octanol–water partition coefficient (Wildman–Crippen LogP) is 0.313. The lowest BCUT2D eigenvalue weighted by molar-refractivity contribution is -0.125. The molecule has 0 aliphatic carbocycles. The molecule has 0 saturated carbocycles. The van der Waals surface area contributed by atoms with Gasteiger partial charge in [-0.15, -0.1) is 0 Å². The first kappa shape index (κ1) is 14.6. The summed E-state index contributed by atoms with van der Waals surface area (Å²) >= 11 is 0. The molecule has 0 rings (SSSR count). The van der Waals surface area contributed by atoms with Crippen LogP contribution in [0, 0.1) is 5.92 Å². The highest BCUT2D eigenvalue weighted by atomic mass is 16.1. The van der Waals surface area contributed by atoms with Crippen molar-refractivity contribution in [1.29, 1.82) is 0 Å². The molecule has 0 aromatic carbocycles. The minimum absolute atomic E-state index is 0.0133. The summed E-state index contributed by atoms with van der Waals surface area (Å²) in [6.07, 6.45) is 0.462. The largest absolute Gasteiger partial charge is 0.370 e. The molecule has 3 N–H and O–H groups in total. The fourth-order valence-electron chi connectivity index (χ4n) is 0.535. The number of primary amides is 1. The molecule has 0 saturated heterocycles. The smallest absolute Gasteiger partial charge is 0.217 e. The molecule has 0 fully saturated rings. The van der Waals surface area contributed by atoms with E-state index >= 15 is 0 Å². The normalized spacial score (nSPS) is 9.00. The Balaban J connectivity index is 0. The molecule has 0 atom stereocenters. The van der Waals surface area contributed by atoms with E-state index in [9.17, 15) is 9.59 Å². The summed E-state index contributed by atoms with van der Waals surface area (Å²) in [5.41, 5.74) is 4.85. The van der Waals surface area contributed by atoms with Crippen LogP contribution >= 0.6 is 0 Å². The molecule has 0 unspecified atom stereocenters. The minimum atomic E-state index is -0.408. The van der Waals surface area contributed by atoms with Gasteiger partial charge in [-0.2, -0.15) is 0 Å². The van der Waals surface area contributed by atoms with Gasteiger partial charge in [-0.05, 0) is 14.1 Å². The van der Waals surface area contributed by atoms with Crippen molar-refractivity contribution < 1.29 is 9.59 Å². The second-order valence-corrected chi connectivity index (χ2v) is 3.09. The van der Waals surface area contributed by atoms with Crippen LogP contribution < -0.4 is 11.1 Å². The molecule has 0 aliphatic rings. The molecular weight excluding hydrogens is 168 g/mol. The molecule has 0 aliphatic heterocycles. The van der Waals surface area contributed by atoms with Crippen molar-refractivity contribution in [3.8, 4) is 0 Å². The second kappa shape index (κ2) is 9.19. The average molecular weight is 188 g/mol.